The topological polar surface area (TPSA) is 56.5 Å². The molecule has 5 heteroatoms. The second kappa shape index (κ2) is 18.3. The Hall–Kier alpha value is -8.02. The Balaban J connectivity index is 0.995. The molecule has 0 amide bonds. The van der Waals surface area contributed by atoms with Gasteiger partial charge in [-0.3, -0.25) is 14.5 Å². The van der Waals surface area contributed by atoms with Gasteiger partial charge < -0.3 is 0 Å². The quantitative estimate of drug-likeness (QED) is 0.116. The number of benzene rings is 6. The van der Waals surface area contributed by atoms with Gasteiger partial charge in [-0.1, -0.05) is 164 Å². The van der Waals surface area contributed by atoms with Crippen molar-refractivity contribution in [3.05, 3.63) is 247 Å². The molecule has 0 aliphatic carbocycles. The molecular weight excluding hydrogens is 767 g/mol. The minimum atomic E-state index is 0.829. The summed E-state index contributed by atoms with van der Waals surface area (Å²) in [6.45, 7) is 0. The molecule has 0 spiro atoms. The van der Waals surface area contributed by atoms with E-state index in [0.29, 0.717) is 0 Å². The van der Waals surface area contributed by atoms with Crippen molar-refractivity contribution in [3.63, 3.8) is 0 Å². The third-order valence-electron chi connectivity index (χ3n) is 11.6. The highest BCUT2D eigenvalue weighted by atomic mass is 15.1. The maximum absolute atomic E-state index is 5.20. The molecule has 5 nitrogen and oxygen atoms in total. The van der Waals surface area contributed by atoms with E-state index in [2.05, 4.69) is 180 Å². The Morgan fingerprint density at radius 1 is 0.317 bits per heavy atom. The molecule has 6 aromatic carbocycles. The molecule has 0 saturated carbocycles. The van der Waals surface area contributed by atoms with Crippen molar-refractivity contribution >= 4 is 0 Å². The van der Waals surface area contributed by atoms with Crippen molar-refractivity contribution in [2.24, 2.45) is 0 Å². The zero-order valence-electron chi connectivity index (χ0n) is 34.9. The number of pyridine rings is 3. The zero-order chi connectivity index (χ0) is 42.2. The first-order valence-electron chi connectivity index (χ1n) is 21.6. The summed E-state index contributed by atoms with van der Waals surface area (Å²) in [4.78, 5) is 19.9. The highest BCUT2D eigenvalue weighted by Gasteiger charge is 2.17. The summed E-state index contributed by atoms with van der Waals surface area (Å²) < 4.78 is 2.15. The Morgan fingerprint density at radius 2 is 0.778 bits per heavy atom. The van der Waals surface area contributed by atoms with Crippen molar-refractivity contribution in [3.8, 4) is 73.1 Å². The minimum Gasteiger partial charge on any atom is -0.283 e. The van der Waals surface area contributed by atoms with Crippen molar-refractivity contribution in [2.75, 3.05) is 0 Å². The minimum absolute atomic E-state index is 0.829. The van der Waals surface area contributed by atoms with Gasteiger partial charge in [0.25, 0.3) is 0 Å². The summed E-state index contributed by atoms with van der Waals surface area (Å²) in [5.74, 6) is 1.68. The Labute approximate surface area is 369 Å². The molecule has 0 N–H and O–H groups in total. The molecular formula is C58H45N5. The lowest BCUT2D eigenvalue weighted by Gasteiger charge is -2.16. The fraction of sp³-hybridized carbons (Fsp3) is 0.0690. The zero-order valence-corrected chi connectivity index (χ0v) is 34.9. The van der Waals surface area contributed by atoms with Gasteiger partial charge in [-0.2, -0.15) is 0 Å². The van der Waals surface area contributed by atoms with Crippen LogP contribution in [0.1, 0.15) is 22.3 Å². The monoisotopic (exact) mass is 811 g/mol. The molecule has 0 radical (unpaired) electrons. The Bertz CT molecular complexity index is 2950. The molecule has 302 valence electrons. The third-order valence-corrected chi connectivity index (χ3v) is 11.6. The maximum Gasteiger partial charge on any atom is 0.146 e. The van der Waals surface area contributed by atoms with E-state index < -0.39 is 0 Å². The molecule has 4 aromatic heterocycles. The number of imidazole rings is 1. The third kappa shape index (κ3) is 9.05. The summed E-state index contributed by atoms with van der Waals surface area (Å²) in [5.41, 5.74) is 16.9. The van der Waals surface area contributed by atoms with Crippen LogP contribution in [0.2, 0.25) is 0 Å². The van der Waals surface area contributed by atoms with E-state index in [1.807, 2.05) is 49.2 Å². The van der Waals surface area contributed by atoms with Crippen LogP contribution in [0.3, 0.4) is 0 Å². The first-order chi connectivity index (χ1) is 31.2. The summed E-state index contributed by atoms with van der Waals surface area (Å²) in [6, 6.07) is 68.4. The number of aromatic nitrogens is 5. The van der Waals surface area contributed by atoms with Crippen LogP contribution < -0.4 is 0 Å². The lowest BCUT2D eigenvalue weighted by atomic mass is 9.96. The van der Waals surface area contributed by atoms with E-state index in [1.54, 1.807) is 0 Å². The Morgan fingerprint density at radius 3 is 1.29 bits per heavy atom. The van der Waals surface area contributed by atoms with Gasteiger partial charge in [0, 0.05) is 58.8 Å². The first-order valence-corrected chi connectivity index (χ1v) is 21.6. The lowest BCUT2D eigenvalue weighted by molar-refractivity contribution is 0.921. The number of rotatable bonds is 13. The summed E-state index contributed by atoms with van der Waals surface area (Å²) in [6.07, 6.45) is 13.4. The molecule has 63 heavy (non-hydrogen) atoms. The number of hydrogen-bond acceptors (Lipinski definition) is 4. The van der Waals surface area contributed by atoms with Crippen LogP contribution >= 0.6 is 0 Å². The molecule has 0 saturated heterocycles. The maximum atomic E-state index is 5.20. The van der Waals surface area contributed by atoms with Gasteiger partial charge >= 0.3 is 0 Å². The fourth-order valence-electron chi connectivity index (χ4n) is 8.27. The lowest BCUT2D eigenvalue weighted by Crippen LogP contribution is -2.04. The van der Waals surface area contributed by atoms with Gasteiger partial charge in [0.1, 0.15) is 11.6 Å². The van der Waals surface area contributed by atoms with Gasteiger partial charge in [0.05, 0.1) is 11.4 Å². The largest absolute Gasteiger partial charge is 0.283 e. The van der Waals surface area contributed by atoms with Crippen LogP contribution in [0.4, 0.5) is 0 Å². The van der Waals surface area contributed by atoms with Crippen molar-refractivity contribution in [2.45, 2.75) is 25.7 Å². The molecule has 0 atom stereocenters. The molecule has 0 unspecified atom stereocenters. The van der Waals surface area contributed by atoms with Crippen LogP contribution in [-0.2, 0) is 25.7 Å². The summed E-state index contributed by atoms with van der Waals surface area (Å²) in [7, 11) is 0. The molecule has 0 aliphatic heterocycles. The average Bonchev–Trinajstić information content (AvgIpc) is 3.87. The van der Waals surface area contributed by atoms with Crippen molar-refractivity contribution in [1.29, 1.82) is 0 Å². The van der Waals surface area contributed by atoms with Crippen molar-refractivity contribution < 1.29 is 0 Å². The van der Waals surface area contributed by atoms with Gasteiger partial charge in [-0.15, -0.1) is 0 Å². The second-order valence-corrected chi connectivity index (χ2v) is 15.9. The normalized spacial score (nSPS) is 11.1. The second-order valence-electron chi connectivity index (χ2n) is 15.9. The number of nitrogens with zero attached hydrogens (tertiary/aromatic N) is 5. The number of aryl methyl sites for hydroxylation is 4. The van der Waals surface area contributed by atoms with Crippen LogP contribution in [-0.4, -0.2) is 24.5 Å². The predicted molar refractivity (Wildman–Crippen MR) is 257 cm³/mol. The van der Waals surface area contributed by atoms with Crippen LogP contribution in [0.5, 0.6) is 0 Å². The Kier molecular flexibility index (Phi) is 11.4. The fourth-order valence-corrected chi connectivity index (χ4v) is 8.27. The van der Waals surface area contributed by atoms with Crippen molar-refractivity contribution in [1.82, 2.24) is 24.5 Å². The van der Waals surface area contributed by atoms with Gasteiger partial charge in [0.2, 0.25) is 0 Å². The summed E-state index contributed by atoms with van der Waals surface area (Å²) >= 11 is 0. The first kappa shape index (κ1) is 39.1. The van der Waals surface area contributed by atoms with Gasteiger partial charge in [-0.05, 0) is 101 Å². The molecule has 4 heterocycles. The average molecular weight is 812 g/mol. The predicted octanol–water partition coefficient (Wildman–Crippen LogP) is 13.6. The molecule has 10 rings (SSSR count). The molecule has 0 fully saturated rings. The van der Waals surface area contributed by atoms with E-state index in [0.717, 1.165) is 87.7 Å². The van der Waals surface area contributed by atoms with Crippen LogP contribution in [0.25, 0.3) is 73.1 Å². The SMILES string of the molecule is c1ccc(-c2ccc(-c3cc(-c4ccccc4)cnc3-n3ccnc3-c3cc(CCc4ccc(-c5ccccc5)nc4)cc(CCc4ccc(-c5ccccc5)nc4)c3)cc2)cc1. The van der Waals surface area contributed by atoms with E-state index in [4.69, 9.17) is 19.9 Å². The van der Waals surface area contributed by atoms with Gasteiger partial charge in [-0.25, -0.2) is 9.97 Å². The van der Waals surface area contributed by atoms with E-state index >= 15 is 0 Å². The highest BCUT2D eigenvalue weighted by molar-refractivity contribution is 5.80. The standard InChI is InChI=1S/C58H45N5/c1-5-13-46(14-6-1)48-27-29-49(30-28-48)54-38-53(47-15-7-2-8-16-47)41-62-58(54)63-34-33-59-57(63)52-36-44(23-21-42-25-31-55(60-39-42)50-17-9-3-10-18-50)35-45(37-52)24-22-43-26-32-56(61-40-43)51-19-11-4-12-20-51/h1-20,25-41H,21-24H2. The molecule has 0 aliphatic rings. The molecule has 0 bridgehead atoms. The number of hydrogen-bond donors (Lipinski definition) is 0. The van der Waals surface area contributed by atoms with Crippen LogP contribution in [0, 0.1) is 0 Å². The van der Waals surface area contributed by atoms with E-state index in [1.165, 1.54) is 33.4 Å². The highest BCUT2D eigenvalue weighted by Crippen LogP contribution is 2.35. The van der Waals surface area contributed by atoms with E-state index in [9.17, 15) is 0 Å². The molecule has 10 aromatic rings. The smallest absolute Gasteiger partial charge is 0.146 e. The van der Waals surface area contributed by atoms with Gasteiger partial charge in [0.15, 0.2) is 0 Å². The van der Waals surface area contributed by atoms with Crippen LogP contribution in [0.15, 0.2) is 225 Å². The summed E-state index contributed by atoms with van der Waals surface area (Å²) in [5, 5.41) is 0. The van der Waals surface area contributed by atoms with E-state index in [-0.39, 0.29) is 0 Å².